The van der Waals surface area contributed by atoms with Gasteiger partial charge in [-0.25, -0.2) is 0 Å². The van der Waals surface area contributed by atoms with Gasteiger partial charge in [0.1, 0.15) is 0 Å². The van der Waals surface area contributed by atoms with Crippen molar-refractivity contribution >= 4 is 0 Å². The summed E-state index contributed by atoms with van der Waals surface area (Å²) in [6, 6.07) is 11.5. The number of likely N-dealkylation sites (tertiary alicyclic amines) is 1. The zero-order valence-corrected chi connectivity index (χ0v) is 13.8. The standard InChI is InChI=1S/C19H30N2/c1-16(2)9-12-21-13-10-19(11-14-21)20-15-17(3)18-7-5-4-6-8-18/h4-9,17,19-20H,10-15H2,1-3H3. The zero-order chi connectivity index (χ0) is 15.1. The molecule has 1 aliphatic rings. The fourth-order valence-electron chi connectivity index (χ4n) is 2.87. The van der Waals surface area contributed by atoms with Gasteiger partial charge in [-0.05, 0) is 51.3 Å². The summed E-state index contributed by atoms with van der Waals surface area (Å²) in [5.41, 5.74) is 2.86. The molecular formula is C19H30N2. The van der Waals surface area contributed by atoms with Gasteiger partial charge in [0.15, 0.2) is 0 Å². The summed E-state index contributed by atoms with van der Waals surface area (Å²) in [5, 5.41) is 3.76. The highest BCUT2D eigenvalue weighted by Crippen LogP contribution is 2.15. The smallest absolute Gasteiger partial charge is 0.0165 e. The summed E-state index contributed by atoms with van der Waals surface area (Å²) in [5.74, 6) is 0.593. The van der Waals surface area contributed by atoms with E-state index in [9.17, 15) is 0 Å². The average molecular weight is 286 g/mol. The Morgan fingerprint density at radius 1 is 1.24 bits per heavy atom. The van der Waals surface area contributed by atoms with E-state index in [-0.39, 0.29) is 0 Å². The number of hydrogen-bond acceptors (Lipinski definition) is 2. The molecule has 1 heterocycles. The Kier molecular flexibility index (Phi) is 6.47. The summed E-state index contributed by atoms with van der Waals surface area (Å²) >= 11 is 0. The Hall–Kier alpha value is -1.12. The van der Waals surface area contributed by atoms with Gasteiger partial charge < -0.3 is 5.32 Å². The summed E-state index contributed by atoms with van der Waals surface area (Å²) in [7, 11) is 0. The van der Waals surface area contributed by atoms with E-state index in [1.165, 1.54) is 37.1 Å². The van der Waals surface area contributed by atoms with Gasteiger partial charge in [0.05, 0.1) is 0 Å². The monoisotopic (exact) mass is 286 g/mol. The van der Waals surface area contributed by atoms with Crippen LogP contribution in [0.15, 0.2) is 42.0 Å². The second-order valence-electron chi connectivity index (χ2n) is 6.58. The second-order valence-corrected chi connectivity index (χ2v) is 6.58. The van der Waals surface area contributed by atoms with Gasteiger partial charge >= 0.3 is 0 Å². The number of nitrogens with zero attached hydrogens (tertiary/aromatic N) is 1. The maximum atomic E-state index is 3.76. The molecule has 1 N–H and O–H groups in total. The molecule has 0 radical (unpaired) electrons. The van der Waals surface area contributed by atoms with Gasteiger partial charge in [-0.3, -0.25) is 4.90 Å². The van der Waals surface area contributed by atoms with Crippen molar-refractivity contribution in [1.29, 1.82) is 0 Å². The number of benzene rings is 1. The van der Waals surface area contributed by atoms with Gasteiger partial charge in [0, 0.05) is 19.1 Å². The van der Waals surface area contributed by atoms with Crippen LogP contribution in [0.25, 0.3) is 0 Å². The van der Waals surface area contributed by atoms with Crippen LogP contribution in [0.2, 0.25) is 0 Å². The maximum Gasteiger partial charge on any atom is 0.0165 e. The topological polar surface area (TPSA) is 15.3 Å². The van der Waals surface area contributed by atoms with Crippen LogP contribution in [-0.4, -0.2) is 37.1 Å². The van der Waals surface area contributed by atoms with Crippen LogP contribution in [0.1, 0.15) is 45.1 Å². The van der Waals surface area contributed by atoms with Crippen LogP contribution in [0.3, 0.4) is 0 Å². The first kappa shape index (κ1) is 16.3. The van der Waals surface area contributed by atoms with Gasteiger partial charge in [-0.2, -0.15) is 0 Å². The zero-order valence-electron chi connectivity index (χ0n) is 13.8. The number of piperidine rings is 1. The second kappa shape index (κ2) is 8.35. The van der Waals surface area contributed by atoms with Crippen molar-refractivity contribution in [3.8, 4) is 0 Å². The fourth-order valence-corrected chi connectivity index (χ4v) is 2.87. The van der Waals surface area contributed by atoms with Crippen molar-refractivity contribution in [2.45, 2.75) is 45.6 Å². The van der Waals surface area contributed by atoms with Crippen LogP contribution < -0.4 is 5.32 Å². The Bertz CT molecular complexity index is 426. The van der Waals surface area contributed by atoms with E-state index in [1.807, 2.05) is 0 Å². The van der Waals surface area contributed by atoms with Crippen molar-refractivity contribution < 1.29 is 0 Å². The van der Waals surface area contributed by atoms with Crippen LogP contribution in [0, 0.1) is 0 Å². The minimum Gasteiger partial charge on any atom is -0.313 e. The number of rotatable bonds is 6. The molecule has 1 fully saturated rings. The third-order valence-electron chi connectivity index (χ3n) is 4.43. The number of hydrogen-bond donors (Lipinski definition) is 1. The lowest BCUT2D eigenvalue weighted by atomic mass is 9.99. The van der Waals surface area contributed by atoms with Crippen molar-refractivity contribution in [2.24, 2.45) is 0 Å². The van der Waals surface area contributed by atoms with E-state index in [1.54, 1.807) is 0 Å². The molecule has 0 aromatic heterocycles. The van der Waals surface area contributed by atoms with E-state index < -0.39 is 0 Å². The third kappa shape index (κ3) is 5.64. The van der Waals surface area contributed by atoms with Crippen LogP contribution in [0.4, 0.5) is 0 Å². The average Bonchev–Trinajstić information content (AvgIpc) is 2.52. The normalized spacial score (nSPS) is 18.4. The van der Waals surface area contributed by atoms with Gasteiger partial charge in [-0.15, -0.1) is 0 Å². The van der Waals surface area contributed by atoms with E-state index in [2.05, 4.69) is 67.4 Å². The highest BCUT2D eigenvalue weighted by Gasteiger charge is 2.18. The van der Waals surface area contributed by atoms with Crippen LogP contribution in [0.5, 0.6) is 0 Å². The summed E-state index contributed by atoms with van der Waals surface area (Å²) in [4.78, 5) is 2.56. The summed E-state index contributed by atoms with van der Waals surface area (Å²) in [6.45, 7) is 11.3. The Labute approximate surface area is 130 Å². The Morgan fingerprint density at radius 2 is 1.90 bits per heavy atom. The molecule has 0 bridgehead atoms. The fraction of sp³-hybridized carbons (Fsp3) is 0.579. The largest absolute Gasteiger partial charge is 0.313 e. The van der Waals surface area contributed by atoms with Crippen molar-refractivity contribution in [3.63, 3.8) is 0 Å². The summed E-state index contributed by atoms with van der Waals surface area (Å²) < 4.78 is 0. The molecular weight excluding hydrogens is 256 g/mol. The van der Waals surface area contributed by atoms with Crippen molar-refractivity contribution in [2.75, 3.05) is 26.2 Å². The van der Waals surface area contributed by atoms with Gasteiger partial charge in [0.2, 0.25) is 0 Å². The molecule has 21 heavy (non-hydrogen) atoms. The molecule has 1 aromatic carbocycles. The lowest BCUT2D eigenvalue weighted by molar-refractivity contribution is 0.214. The highest BCUT2D eigenvalue weighted by molar-refractivity contribution is 5.19. The molecule has 1 atom stereocenters. The first-order valence-electron chi connectivity index (χ1n) is 8.29. The summed E-state index contributed by atoms with van der Waals surface area (Å²) in [6.07, 6.45) is 4.89. The predicted octanol–water partition coefficient (Wildman–Crippen LogP) is 3.81. The molecule has 116 valence electrons. The van der Waals surface area contributed by atoms with E-state index in [0.29, 0.717) is 12.0 Å². The van der Waals surface area contributed by atoms with Crippen molar-refractivity contribution in [1.82, 2.24) is 10.2 Å². The first-order valence-corrected chi connectivity index (χ1v) is 8.29. The molecule has 1 unspecified atom stereocenters. The maximum absolute atomic E-state index is 3.76. The first-order chi connectivity index (χ1) is 10.1. The molecule has 0 spiro atoms. The highest BCUT2D eigenvalue weighted by atomic mass is 15.1. The minimum atomic E-state index is 0.593. The molecule has 0 aliphatic carbocycles. The molecule has 1 saturated heterocycles. The van der Waals surface area contributed by atoms with Crippen LogP contribution in [-0.2, 0) is 0 Å². The van der Waals surface area contributed by atoms with Gasteiger partial charge in [0.25, 0.3) is 0 Å². The molecule has 2 rings (SSSR count). The lowest BCUT2D eigenvalue weighted by Gasteiger charge is -2.32. The molecule has 2 nitrogen and oxygen atoms in total. The Balaban J connectivity index is 1.68. The number of allylic oxidation sites excluding steroid dienone is 1. The van der Waals surface area contributed by atoms with E-state index in [4.69, 9.17) is 0 Å². The van der Waals surface area contributed by atoms with E-state index in [0.717, 1.165) is 13.1 Å². The molecule has 2 heteroatoms. The van der Waals surface area contributed by atoms with Crippen LogP contribution >= 0.6 is 0 Å². The molecule has 1 aromatic rings. The number of nitrogens with one attached hydrogen (secondary N) is 1. The molecule has 0 saturated carbocycles. The predicted molar refractivity (Wildman–Crippen MR) is 91.8 cm³/mol. The quantitative estimate of drug-likeness (QED) is 0.800. The third-order valence-corrected chi connectivity index (χ3v) is 4.43. The molecule has 0 amide bonds. The Morgan fingerprint density at radius 3 is 2.52 bits per heavy atom. The molecule has 1 aliphatic heterocycles. The minimum absolute atomic E-state index is 0.593. The van der Waals surface area contributed by atoms with E-state index >= 15 is 0 Å². The SMILES string of the molecule is CC(C)=CCN1CCC(NCC(C)c2ccccc2)CC1. The van der Waals surface area contributed by atoms with Gasteiger partial charge in [-0.1, -0.05) is 48.9 Å². The van der Waals surface area contributed by atoms with Crippen molar-refractivity contribution in [3.05, 3.63) is 47.5 Å². The lowest BCUT2D eigenvalue weighted by Crippen LogP contribution is -2.43.